The van der Waals surface area contributed by atoms with E-state index in [1.54, 1.807) is 14.2 Å². The standard InChI is InChI=1S/C17H16O4/c1-20-15-9-8-14(11-16(15)21-2)13-6-3-12(4-7-13)5-10-17(18)19/h3-11H,1-2H3,(H,18,19)/p-1/b10-5+. The van der Waals surface area contributed by atoms with Crippen LogP contribution in [0.25, 0.3) is 17.2 Å². The van der Waals surface area contributed by atoms with E-state index < -0.39 is 5.97 Å². The number of hydrogen-bond acceptors (Lipinski definition) is 4. The Kier molecular flexibility index (Phi) is 4.61. The quantitative estimate of drug-likeness (QED) is 0.789. The zero-order valence-corrected chi connectivity index (χ0v) is 11.8. The van der Waals surface area contributed by atoms with Gasteiger partial charge >= 0.3 is 0 Å². The van der Waals surface area contributed by atoms with Crippen LogP contribution in [0.1, 0.15) is 5.56 Å². The van der Waals surface area contributed by atoms with E-state index in [1.165, 1.54) is 6.08 Å². The molecular weight excluding hydrogens is 268 g/mol. The van der Waals surface area contributed by atoms with Gasteiger partial charge in [0.25, 0.3) is 0 Å². The summed E-state index contributed by atoms with van der Waals surface area (Å²) in [7, 11) is 3.19. The fourth-order valence-corrected chi connectivity index (χ4v) is 1.97. The third-order valence-electron chi connectivity index (χ3n) is 3.04. The lowest BCUT2D eigenvalue weighted by Gasteiger charge is -2.10. The maximum Gasteiger partial charge on any atom is 0.161 e. The Morgan fingerprint density at radius 1 is 0.952 bits per heavy atom. The number of carbonyl (C=O) groups excluding carboxylic acids is 1. The number of benzene rings is 2. The largest absolute Gasteiger partial charge is 0.545 e. The van der Waals surface area contributed by atoms with Gasteiger partial charge in [0.15, 0.2) is 11.5 Å². The van der Waals surface area contributed by atoms with Crippen LogP contribution < -0.4 is 14.6 Å². The number of carboxylic acids is 1. The topological polar surface area (TPSA) is 58.6 Å². The molecule has 0 aromatic heterocycles. The zero-order chi connectivity index (χ0) is 15.2. The fourth-order valence-electron chi connectivity index (χ4n) is 1.97. The first-order chi connectivity index (χ1) is 10.1. The summed E-state index contributed by atoms with van der Waals surface area (Å²) >= 11 is 0. The molecule has 0 aliphatic carbocycles. The van der Waals surface area contributed by atoms with E-state index >= 15 is 0 Å². The molecule has 2 rings (SSSR count). The normalized spacial score (nSPS) is 10.6. The second-order valence-electron chi connectivity index (χ2n) is 4.34. The average molecular weight is 283 g/mol. The number of aliphatic carboxylic acids is 1. The van der Waals surface area contributed by atoms with Crippen molar-refractivity contribution in [2.75, 3.05) is 14.2 Å². The molecule has 0 bridgehead atoms. The first-order valence-electron chi connectivity index (χ1n) is 6.35. The van der Waals surface area contributed by atoms with Crippen molar-refractivity contribution in [2.45, 2.75) is 0 Å². The third kappa shape index (κ3) is 3.63. The predicted octanol–water partition coefficient (Wildman–Crippen LogP) is 2.13. The summed E-state index contributed by atoms with van der Waals surface area (Å²) < 4.78 is 10.5. The Morgan fingerprint density at radius 2 is 1.57 bits per heavy atom. The molecule has 2 aromatic rings. The lowest BCUT2D eigenvalue weighted by atomic mass is 10.0. The van der Waals surface area contributed by atoms with Gasteiger partial charge in [0.05, 0.1) is 20.2 Å². The van der Waals surface area contributed by atoms with Gasteiger partial charge in [0, 0.05) is 0 Å². The molecule has 4 nitrogen and oxygen atoms in total. The van der Waals surface area contributed by atoms with Gasteiger partial charge in [-0.15, -0.1) is 0 Å². The van der Waals surface area contributed by atoms with Crippen LogP contribution in [0.15, 0.2) is 48.5 Å². The van der Waals surface area contributed by atoms with E-state index in [9.17, 15) is 9.90 Å². The molecule has 0 saturated heterocycles. The SMILES string of the molecule is COc1ccc(-c2ccc(/C=C/C(=O)[O-])cc2)cc1OC. The molecule has 0 aliphatic rings. The van der Waals surface area contributed by atoms with Gasteiger partial charge in [-0.25, -0.2) is 0 Å². The Hall–Kier alpha value is -2.75. The molecular formula is C17H15O4-. The van der Waals surface area contributed by atoms with Crippen molar-refractivity contribution in [2.24, 2.45) is 0 Å². The summed E-state index contributed by atoms with van der Waals surface area (Å²) in [6.07, 6.45) is 2.50. The Morgan fingerprint density at radius 3 is 2.14 bits per heavy atom. The molecule has 21 heavy (non-hydrogen) atoms. The molecule has 2 aromatic carbocycles. The van der Waals surface area contributed by atoms with Crippen LogP contribution in [-0.2, 0) is 4.79 Å². The summed E-state index contributed by atoms with van der Waals surface area (Å²) in [6, 6.07) is 13.2. The second kappa shape index (κ2) is 6.61. The van der Waals surface area contributed by atoms with Gasteiger partial charge in [-0.3, -0.25) is 0 Å². The first-order valence-corrected chi connectivity index (χ1v) is 6.35. The number of ether oxygens (including phenoxy) is 2. The van der Waals surface area contributed by atoms with E-state index in [2.05, 4.69) is 0 Å². The molecule has 0 atom stereocenters. The third-order valence-corrected chi connectivity index (χ3v) is 3.04. The van der Waals surface area contributed by atoms with Crippen LogP contribution in [-0.4, -0.2) is 20.2 Å². The van der Waals surface area contributed by atoms with Gasteiger partial charge in [-0.1, -0.05) is 36.4 Å². The van der Waals surface area contributed by atoms with Crippen molar-refractivity contribution >= 4 is 12.0 Å². The summed E-state index contributed by atoms with van der Waals surface area (Å²) in [5, 5.41) is 10.4. The molecule has 0 amide bonds. The summed E-state index contributed by atoms with van der Waals surface area (Å²) in [4.78, 5) is 10.4. The fraction of sp³-hybridized carbons (Fsp3) is 0.118. The molecule has 0 spiro atoms. The summed E-state index contributed by atoms with van der Waals surface area (Å²) in [5.41, 5.74) is 2.79. The highest BCUT2D eigenvalue weighted by molar-refractivity contribution is 5.83. The molecule has 0 aliphatic heterocycles. The van der Waals surface area contributed by atoms with Crippen molar-refractivity contribution in [1.29, 1.82) is 0 Å². The van der Waals surface area contributed by atoms with Gasteiger partial charge in [0.1, 0.15) is 0 Å². The summed E-state index contributed by atoms with van der Waals surface area (Å²) in [5.74, 6) is 0.129. The average Bonchev–Trinajstić information content (AvgIpc) is 2.52. The zero-order valence-electron chi connectivity index (χ0n) is 11.8. The number of rotatable bonds is 5. The highest BCUT2D eigenvalue weighted by atomic mass is 16.5. The number of hydrogen-bond donors (Lipinski definition) is 0. The van der Waals surface area contributed by atoms with Crippen LogP contribution in [0.3, 0.4) is 0 Å². The van der Waals surface area contributed by atoms with Crippen LogP contribution in [0, 0.1) is 0 Å². The highest BCUT2D eigenvalue weighted by Crippen LogP contribution is 2.32. The van der Waals surface area contributed by atoms with Crippen LogP contribution in [0.4, 0.5) is 0 Å². The van der Waals surface area contributed by atoms with E-state index in [0.717, 1.165) is 22.8 Å². The second-order valence-corrected chi connectivity index (χ2v) is 4.34. The molecule has 108 valence electrons. The Bertz CT molecular complexity index is 657. The molecule has 0 fully saturated rings. The Labute approximate surface area is 123 Å². The highest BCUT2D eigenvalue weighted by Gasteiger charge is 2.05. The van der Waals surface area contributed by atoms with E-state index in [4.69, 9.17) is 9.47 Å². The lowest BCUT2D eigenvalue weighted by molar-refractivity contribution is -0.297. The van der Waals surface area contributed by atoms with Crippen molar-refractivity contribution in [1.82, 2.24) is 0 Å². The van der Waals surface area contributed by atoms with E-state index in [1.807, 2.05) is 42.5 Å². The molecule has 0 N–H and O–H groups in total. The minimum absolute atomic E-state index is 0.663. The maximum absolute atomic E-state index is 10.4. The van der Waals surface area contributed by atoms with Gasteiger partial charge in [0.2, 0.25) is 0 Å². The monoisotopic (exact) mass is 283 g/mol. The predicted molar refractivity (Wildman–Crippen MR) is 79.0 cm³/mol. The minimum atomic E-state index is -1.21. The minimum Gasteiger partial charge on any atom is -0.545 e. The van der Waals surface area contributed by atoms with Gasteiger partial charge in [-0.2, -0.15) is 0 Å². The van der Waals surface area contributed by atoms with Gasteiger partial charge in [-0.05, 0) is 34.9 Å². The lowest BCUT2D eigenvalue weighted by Crippen LogP contribution is -2.18. The number of carbonyl (C=O) groups is 1. The van der Waals surface area contributed by atoms with Crippen molar-refractivity contribution in [3.05, 3.63) is 54.1 Å². The molecule has 0 unspecified atom stereocenters. The molecule has 4 heteroatoms. The van der Waals surface area contributed by atoms with E-state index in [0.29, 0.717) is 11.5 Å². The molecule has 0 radical (unpaired) electrons. The van der Waals surface area contributed by atoms with Crippen molar-refractivity contribution in [3.63, 3.8) is 0 Å². The summed E-state index contributed by atoms with van der Waals surface area (Å²) in [6.45, 7) is 0. The maximum atomic E-state index is 10.4. The smallest absolute Gasteiger partial charge is 0.161 e. The van der Waals surface area contributed by atoms with Crippen LogP contribution >= 0.6 is 0 Å². The molecule has 0 heterocycles. The van der Waals surface area contributed by atoms with Crippen molar-refractivity contribution in [3.8, 4) is 22.6 Å². The van der Waals surface area contributed by atoms with Crippen LogP contribution in [0.2, 0.25) is 0 Å². The van der Waals surface area contributed by atoms with E-state index in [-0.39, 0.29) is 0 Å². The van der Waals surface area contributed by atoms with Crippen LogP contribution in [0.5, 0.6) is 11.5 Å². The number of methoxy groups -OCH3 is 2. The van der Waals surface area contributed by atoms with Crippen molar-refractivity contribution < 1.29 is 19.4 Å². The molecule has 0 saturated carbocycles. The Balaban J connectivity index is 2.28. The van der Waals surface area contributed by atoms with Gasteiger partial charge < -0.3 is 19.4 Å². The first kappa shape index (κ1) is 14.7. The number of carboxylic acid groups (broad SMARTS) is 1.